The van der Waals surface area contributed by atoms with Crippen molar-refractivity contribution in [3.63, 3.8) is 0 Å². The highest BCUT2D eigenvalue weighted by molar-refractivity contribution is 14.1. The van der Waals surface area contributed by atoms with Crippen LogP contribution in [0, 0.1) is 11.8 Å². The Kier molecular flexibility index (Phi) is 3.51. The van der Waals surface area contributed by atoms with Crippen LogP contribution in [0.4, 0.5) is 4.39 Å². The van der Waals surface area contributed by atoms with Crippen molar-refractivity contribution >= 4 is 26.4 Å². The average Bonchev–Trinajstić information content (AvgIpc) is 1.97. The minimum atomic E-state index is -1.86. The molecule has 0 saturated heterocycles. The second-order valence-corrected chi connectivity index (χ2v) is 3.92. The van der Waals surface area contributed by atoms with Gasteiger partial charge in [0.1, 0.15) is 0 Å². The highest BCUT2D eigenvalue weighted by atomic mass is 127. The number of hydrogen-bond acceptors (Lipinski definition) is 1. The van der Waals surface area contributed by atoms with Gasteiger partial charge in [-0.3, -0.25) is 4.79 Å². The quantitative estimate of drug-likeness (QED) is 0.410. The van der Waals surface area contributed by atoms with Crippen molar-refractivity contribution in [1.82, 2.24) is 0 Å². The molecule has 0 aliphatic heterocycles. The minimum Gasteiger partial charge on any atom is -0.283 e. The first kappa shape index (κ1) is 9.97. The highest BCUT2D eigenvalue weighted by Crippen LogP contribution is 2.25. The summed E-state index contributed by atoms with van der Waals surface area (Å²) in [5.74, 6) is 5.13. The standard InChI is InChI=1S/C9H10FIO/c10-9(8(11)12)6-4-2-1-3-5-7-9/h1-4,6H2. The van der Waals surface area contributed by atoms with Gasteiger partial charge < -0.3 is 0 Å². The van der Waals surface area contributed by atoms with E-state index >= 15 is 0 Å². The Balaban J connectivity index is 2.77. The van der Waals surface area contributed by atoms with Crippen molar-refractivity contribution in [3.8, 4) is 11.8 Å². The van der Waals surface area contributed by atoms with Crippen molar-refractivity contribution in [2.75, 3.05) is 0 Å². The number of carbonyl (C=O) groups excluding carboxylic acids is 1. The van der Waals surface area contributed by atoms with E-state index in [1.165, 1.54) is 22.6 Å². The van der Waals surface area contributed by atoms with Crippen molar-refractivity contribution in [2.24, 2.45) is 0 Å². The predicted molar refractivity (Wildman–Crippen MR) is 53.7 cm³/mol. The molecule has 0 radical (unpaired) electrons. The SMILES string of the molecule is O=C(I)C1(F)C#CCCCCC1. The largest absolute Gasteiger partial charge is 0.283 e. The fourth-order valence-corrected chi connectivity index (χ4v) is 1.58. The Morgan fingerprint density at radius 1 is 1.42 bits per heavy atom. The van der Waals surface area contributed by atoms with Gasteiger partial charge in [-0.2, -0.15) is 0 Å². The molecule has 1 nitrogen and oxygen atoms in total. The van der Waals surface area contributed by atoms with E-state index in [4.69, 9.17) is 0 Å². The van der Waals surface area contributed by atoms with Crippen molar-refractivity contribution < 1.29 is 9.18 Å². The first-order valence-corrected chi connectivity index (χ1v) is 5.12. The molecule has 0 aromatic carbocycles. The number of halogens is 2. The molecule has 0 fully saturated rings. The van der Waals surface area contributed by atoms with E-state index < -0.39 is 9.46 Å². The lowest BCUT2D eigenvalue weighted by molar-refractivity contribution is -0.117. The lowest BCUT2D eigenvalue weighted by Crippen LogP contribution is -2.28. The fourth-order valence-electron chi connectivity index (χ4n) is 1.17. The molecule has 0 bridgehead atoms. The molecule has 66 valence electrons. The van der Waals surface area contributed by atoms with Gasteiger partial charge in [-0.25, -0.2) is 4.39 Å². The van der Waals surface area contributed by atoms with Crippen LogP contribution in [-0.4, -0.2) is 9.46 Å². The summed E-state index contributed by atoms with van der Waals surface area (Å²) in [6, 6.07) is 0. The zero-order valence-corrected chi connectivity index (χ0v) is 8.86. The lowest BCUT2D eigenvalue weighted by Gasteiger charge is -2.15. The third-order valence-corrected chi connectivity index (χ3v) is 2.78. The Bertz CT molecular complexity index is 241. The van der Waals surface area contributed by atoms with Crippen molar-refractivity contribution in [3.05, 3.63) is 0 Å². The van der Waals surface area contributed by atoms with Crippen LogP contribution in [0.3, 0.4) is 0 Å². The van der Waals surface area contributed by atoms with E-state index in [9.17, 15) is 9.18 Å². The van der Waals surface area contributed by atoms with Gasteiger partial charge in [0.15, 0.2) is 0 Å². The summed E-state index contributed by atoms with van der Waals surface area (Å²) in [5, 5.41) is 0. The maximum absolute atomic E-state index is 13.6. The summed E-state index contributed by atoms with van der Waals surface area (Å²) >= 11 is 1.49. The molecule has 1 atom stereocenters. The molecule has 12 heavy (non-hydrogen) atoms. The van der Waals surface area contributed by atoms with Crippen LogP contribution in [0.2, 0.25) is 0 Å². The first-order chi connectivity index (χ1) is 5.65. The van der Waals surface area contributed by atoms with Gasteiger partial charge >= 0.3 is 0 Å². The van der Waals surface area contributed by atoms with Crippen LogP contribution in [0.1, 0.15) is 32.1 Å². The van der Waals surface area contributed by atoms with Gasteiger partial charge in [0.05, 0.1) is 0 Å². The summed E-state index contributed by atoms with van der Waals surface area (Å²) in [5.41, 5.74) is -1.86. The first-order valence-electron chi connectivity index (χ1n) is 4.04. The monoisotopic (exact) mass is 280 g/mol. The molecule has 0 aromatic heterocycles. The van der Waals surface area contributed by atoms with Crippen LogP contribution < -0.4 is 0 Å². The van der Waals surface area contributed by atoms with E-state index in [2.05, 4.69) is 11.8 Å². The van der Waals surface area contributed by atoms with E-state index in [-0.39, 0.29) is 6.42 Å². The maximum atomic E-state index is 13.6. The molecule has 0 saturated carbocycles. The normalized spacial score (nSPS) is 29.5. The fraction of sp³-hybridized carbons (Fsp3) is 0.667. The zero-order chi connectivity index (χ0) is 9.03. The minimum absolute atomic E-state index is 0.266. The molecule has 1 rings (SSSR count). The zero-order valence-electron chi connectivity index (χ0n) is 6.70. The topological polar surface area (TPSA) is 17.1 Å². The number of carbonyl (C=O) groups is 1. The van der Waals surface area contributed by atoms with Crippen LogP contribution in [0.25, 0.3) is 0 Å². The third-order valence-electron chi connectivity index (χ3n) is 1.92. The molecular formula is C9H10FIO. The molecule has 0 amide bonds. The average molecular weight is 280 g/mol. The molecule has 0 spiro atoms. The Labute approximate surface area is 85.2 Å². The van der Waals surface area contributed by atoms with Gasteiger partial charge in [0.25, 0.3) is 0 Å². The second-order valence-electron chi connectivity index (χ2n) is 2.94. The number of hydrogen-bond donors (Lipinski definition) is 0. The molecule has 3 heteroatoms. The van der Waals surface area contributed by atoms with E-state index in [0.717, 1.165) is 25.7 Å². The smallest absolute Gasteiger partial charge is 0.241 e. The molecule has 1 aliphatic rings. The van der Waals surface area contributed by atoms with E-state index in [0.29, 0.717) is 0 Å². The summed E-state index contributed by atoms with van der Waals surface area (Å²) in [6.07, 6.45) is 3.75. The summed E-state index contributed by atoms with van der Waals surface area (Å²) < 4.78 is 13.1. The predicted octanol–water partition coefficient (Wildman–Crippen LogP) is 2.62. The van der Waals surface area contributed by atoms with Crippen molar-refractivity contribution in [1.29, 1.82) is 0 Å². The van der Waals surface area contributed by atoms with Gasteiger partial charge in [0, 0.05) is 35.4 Å². The van der Waals surface area contributed by atoms with Crippen LogP contribution in [-0.2, 0) is 4.79 Å². The number of rotatable bonds is 1. The summed E-state index contributed by atoms with van der Waals surface area (Å²) in [7, 11) is 0. The molecule has 0 heterocycles. The molecular weight excluding hydrogens is 270 g/mol. The Morgan fingerprint density at radius 2 is 2.17 bits per heavy atom. The Morgan fingerprint density at radius 3 is 2.83 bits per heavy atom. The number of alkyl halides is 1. The van der Waals surface area contributed by atoms with Crippen LogP contribution in [0.5, 0.6) is 0 Å². The summed E-state index contributed by atoms with van der Waals surface area (Å²) in [4.78, 5) is 10.9. The van der Waals surface area contributed by atoms with Crippen LogP contribution >= 0.6 is 22.6 Å². The Hall–Kier alpha value is -0.110. The molecule has 0 aromatic rings. The summed E-state index contributed by atoms with van der Waals surface area (Å²) in [6.45, 7) is 0. The maximum Gasteiger partial charge on any atom is 0.241 e. The second kappa shape index (κ2) is 4.22. The van der Waals surface area contributed by atoms with Gasteiger partial charge in [-0.05, 0) is 12.8 Å². The van der Waals surface area contributed by atoms with E-state index in [1.54, 1.807) is 0 Å². The van der Waals surface area contributed by atoms with Gasteiger partial charge in [-0.15, -0.1) is 0 Å². The van der Waals surface area contributed by atoms with Crippen LogP contribution in [0.15, 0.2) is 0 Å². The van der Waals surface area contributed by atoms with E-state index in [1.807, 2.05) is 0 Å². The molecule has 1 aliphatic carbocycles. The lowest BCUT2D eigenvalue weighted by atomic mass is 9.97. The van der Waals surface area contributed by atoms with Gasteiger partial charge in [-0.1, -0.05) is 18.3 Å². The van der Waals surface area contributed by atoms with Crippen molar-refractivity contribution in [2.45, 2.75) is 37.8 Å². The third kappa shape index (κ3) is 2.44. The molecule has 0 N–H and O–H groups in total. The molecule has 1 unspecified atom stereocenters. The van der Waals surface area contributed by atoms with Gasteiger partial charge in [0.2, 0.25) is 9.46 Å². The highest BCUT2D eigenvalue weighted by Gasteiger charge is 2.34.